The molecule has 3 aromatic rings. The van der Waals surface area contributed by atoms with Gasteiger partial charge >= 0.3 is 0 Å². The van der Waals surface area contributed by atoms with E-state index in [1.807, 2.05) is 53.6 Å². The number of methoxy groups -OCH3 is 1. The molecule has 1 aromatic carbocycles. The Kier molecular flexibility index (Phi) is 5.76. The van der Waals surface area contributed by atoms with Gasteiger partial charge in [-0.3, -0.25) is 4.79 Å². The highest BCUT2D eigenvalue weighted by molar-refractivity contribution is 7.13. The summed E-state index contributed by atoms with van der Waals surface area (Å²) in [4.78, 5) is 24.1. The Morgan fingerprint density at radius 3 is 2.93 bits per heavy atom. The van der Waals surface area contributed by atoms with Crippen LogP contribution in [-0.4, -0.2) is 41.0 Å². The quantitative estimate of drug-likeness (QED) is 0.667. The summed E-state index contributed by atoms with van der Waals surface area (Å²) in [6.07, 6.45) is 3.74. The molecular weight excluding hydrogens is 384 g/mol. The van der Waals surface area contributed by atoms with Crippen molar-refractivity contribution in [1.82, 2.24) is 14.9 Å². The van der Waals surface area contributed by atoms with Crippen LogP contribution >= 0.6 is 11.3 Å². The number of aromatic nitrogens is 2. The second-order valence-electron chi connectivity index (χ2n) is 7.16. The molecule has 0 saturated carbocycles. The van der Waals surface area contributed by atoms with Gasteiger partial charge in [0.1, 0.15) is 11.6 Å². The second-order valence-corrected chi connectivity index (χ2v) is 8.05. The van der Waals surface area contributed by atoms with Crippen molar-refractivity contribution >= 4 is 28.2 Å². The van der Waals surface area contributed by atoms with E-state index in [2.05, 4.69) is 10.3 Å². The molecule has 1 N–H and O–H groups in total. The number of anilines is 2. The van der Waals surface area contributed by atoms with E-state index in [0.717, 1.165) is 41.6 Å². The van der Waals surface area contributed by atoms with Gasteiger partial charge in [-0.2, -0.15) is 0 Å². The number of amides is 1. The Morgan fingerprint density at radius 1 is 1.28 bits per heavy atom. The van der Waals surface area contributed by atoms with Crippen molar-refractivity contribution < 1.29 is 9.53 Å². The molecular formula is C22H24N4O2S. The molecule has 1 amide bonds. The van der Waals surface area contributed by atoms with Crippen molar-refractivity contribution in [2.75, 3.05) is 25.5 Å². The number of carbonyl (C=O) groups excluding carboxylic acids is 1. The van der Waals surface area contributed by atoms with Gasteiger partial charge in [0.25, 0.3) is 5.91 Å². The van der Waals surface area contributed by atoms with Crippen molar-refractivity contribution in [1.29, 1.82) is 0 Å². The van der Waals surface area contributed by atoms with Crippen molar-refractivity contribution in [3.8, 4) is 5.75 Å². The maximum absolute atomic E-state index is 13.2. The lowest BCUT2D eigenvalue weighted by molar-refractivity contribution is 0.0702. The van der Waals surface area contributed by atoms with Crippen molar-refractivity contribution in [3.63, 3.8) is 0 Å². The topological polar surface area (TPSA) is 67.3 Å². The highest BCUT2D eigenvalue weighted by Crippen LogP contribution is 2.30. The van der Waals surface area contributed by atoms with E-state index in [9.17, 15) is 4.79 Å². The molecule has 0 aliphatic carbocycles. The molecule has 2 aromatic heterocycles. The minimum Gasteiger partial charge on any atom is -0.496 e. The van der Waals surface area contributed by atoms with Gasteiger partial charge in [-0.05, 0) is 43.5 Å². The van der Waals surface area contributed by atoms with Crippen LogP contribution in [-0.2, 0) is 0 Å². The molecule has 1 saturated heterocycles. The van der Waals surface area contributed by atoms with Crippen molar-refractivity contribution in [2.24, 2.45) is 0 Å². The van der Waals surface area contributed by atoms with E-state index >= 15 is 0 Å². The van der Waals surface area contributed by atoms with Crippen LogP contribution in [0.2, 0.25) is 0 Å². The number of likely N-dealkylation sites (tertiary alicyclic amines) is 1. The summed E-state index contributed by atoms with van der Waals surface area (Å²) in [5, 5.41) is 5.99. The minimum atomic E-state index is 0.0207. The van der Waals surface area contributed by atoms with Gasteiger partial charge in [0, 0.05) is 36.3 Å². The number of thiazole rings is 1. The zero-order valence-corrected chi connectivity index (χ0v) is 17.4. The van der Waals surface area contributed by atoms with Crippen LogP contribution in [0.5, 0.6) is 5.75 Å². The number of pyridine rings is 1. The summed E-state index contributed by atoms with van der Waals surface area (Å²) in [5.74, 6) is 1.67. The van der Waals surface area contributed by atoms with Crippen LogP contribution in [0.15, 0.2) is 48.0 Å². The van der Waals surface area contributed by atoms with Crippen molar-refractivity contribution in [3.05, 3.63) is 64.8 Å². The van der Waals surface area contributed by atoms with Gasteiger partial charge in [-0.25, -0.2) is 9.97 Å². The molecule has 4 rings (SSSR count). The number of hydrogen-bond donors (Lipinski definition) is 1. The van der Waals surface area contributed by atoms with E-state index in [4.69, 9.17) is 9.72 Å². The van der Waals surface area contributed by atoms with Crippen LogP contribution in [0, 0.1) is 6.92 Å². The Balaban J connectivity index is 1.51. The zero-order chi connectivity index (χ0) is 20.2. The molecule has 6 nitrogen and oxygen atoms in total. The fourth-order valence-electron chi connectivity index (χ4n) is 3.81. The van der Waals surface area contributed by atoms with Crippen LogP contribution < -0.4 is 10.1 Å². The van der Waals surface area contributed by atoms with Gasteiger partial charge in [-0.1, -0.05) is 18.2 Å². The summed E-state index contributed by atoms with van der Waals surface area (Å²) in [5.41, 5.74) is 2.59. The average Bonchev–Trinajstić information content (AvgIpc) is 3.26. The van der Waals surface area contributed by atoms with Gasteiger partial charge in [0.15, 0.2) is 5.13 Å². The predicted octanol–water partition coefficient (Wildman–Crippen LogP) is 4.62. The monoisotopic (exact) mass is 408 g/mol. The molecule has 1 fully saturated rings. The number of rotatable bonds is 5. The number of aryl methyl sites for hydroxylation is 1. The largest absolute Gasteiger partial charge is 0.496 e. The van der Waals surface area contributed by atoms with E-state index in [1.165, 1.54) is 11.3 Å². The number of hydrogen-bond acceptors (Lipinski definition) is 6. The average molecular weight is 409 g/mol. The number of carbonyl (C=O) groups is 1. The molecule has 1 aliphatic heterocycles. The lowest BCUT2D eigenvalue weighted by Gasteiger charge is -2.33. The SMILES string of the molecule is COc1c(C)cccc1C(=O)N1CCCC(c2cccc(Nc3nccs3)n2)C1. The van der Waals surface area contributed by atoms with E-state index in [1.54, 1.807) is 13.3 Å². The summed E-state index contributed by atoms with van der Waals surface area (Å²) in [6.45, 7) is 3.37. The van der Waals surface area contributed by atoms with Crippen LogP contribution in [0.25, 0.3) is 0 Å². The normalized spacial score (nSPS) is 16.5. The molecule has 1 aliphatic rings. The van der Waals surface area contributed by atoms with Gasteiger partial charge < -0.3 is 15.0 Å². The fraction of sp³-hybridized carbons (Fsp3) is 0.318. The van der Waals surface area contributed by atoms with Gasteiger partial charge in [0.05, 0.1) is 12.7 Å². The fourth-order valence-corrected chi connectivity index (χ4v) is 4.34. The lowest BCUT2D eigenvalue weighted by Crippen LogP contribution is -2.39. The lowest BCUT2D eigenvalue weighted by atomic mass is 9.93. The Hall–Kier alpha value is -2.93. The molecule has 0 radical (unpaired) electrons. The summed E-state index contributed by atoms with van der Waals surface area (Å²) in [7, 11) is 1.61. The number of piperidine rings is 1. The molecule has 29 heavy (non-hydrogen) atoms. The Labute approximate surface area is 174 Å². The first kappa shape index (κ1) is 19.4. The van der Waals surface area contributed by atoms with E-state index in [-0.39, 0.29) is 11.8 Å². The first-order chi connectivity index (χ1) is 14.2. The van der Waals surface area contributed by atoms with Gasteiger partial charge in [-0.15, -0.1) is 11.3 Å². The van der Waals surface area contributed by atoms with Crippen molar-refractivity contribution in [2.45, 2.75) is 25.7 Å². The summed E-state index contributed by atoms with van der Waals surface area (Å²) >= 11 is 1.54. The number of nitrogens with one attached hydrogen (secondary N) is 1. The molecule has 1 atom stereocenters. The standard InChI is InChI=1S/C22H24N4O2S/c1-15-6-3-8-17(20(15)28-2)21(27)26-12-5-7-16(14-26)18-9-4-10-19(24-18)25-22-23-11-13-29-22/h3-4,6,8-11,13,16H,5,7,12,14H2,1-2H3,(H,23,24,25). The molecule has 0 bridgehead atoms. The number of para-hydroxylation sites is 1. The maximum atomic E-state index is 13.2. The second kappa shape index (κ2) is 8.61. The number of ether oxygens (including phenoxy) is 1. The highest BCUT2D eigenvalue weighted by atomic mass is 32.1. The molecule has 0 spiro atoms. The Bertz CT molecular complexity index is 990. The van der Waals surface area contributed by atoms with Gasteiger partial charge in [0.2, 0.25) is 0 Å². The number of benzene rings is 1. The van der Waals surface area contributed by atoms with Crippen LogP contribution in [0.1, 0.15) is 40.4 Å². The first-order valence-electron chi connectivity index (χ1n) is 9.72. The van der Waals surface area contributed by atoms with E-state index in [0.29, 0.717) is 17.9 Å². The van der Waals surface area contributed by atoms with Crippen LogP contribution in [0.4, 0.5) is 10.9 Å². The molecule has 3 heterocycles. The summed E-state index contributed by atoms with van der Waals surface area (Å²) < 4.78 is 5.49. The smallest absolute Gasteiger partial charge is 0.257 e. The van der Waals surface area contributed by atoms with Crippen LogP contribution in [0.3, 0.4) is 0 Å². The summed E-state index contributed by atoms with van der Waals surface area (Å²) in [6, 6.07) is 11.7. The maximum Gasteiger partial charge on any atom is 0.257 e. The highest BCUT2D eigenvalue weighted by Gasteiger charge is 2.28. The zero-order valence-electron chi connectivity index (χ0n) is 16.6. The molecule has 150 valence electrons. The number of nitrogens with zero attached hydrogens (tertiary/aromatic N) is 3. The first-order valence-corrected chi connectivity index (χ1v) is 10.6. The minimum absolute atomic E-state index is 0.0207. The molecule has 7 heteroatoms. The third-order valence-electron chi connectivity index (χ3n) is 5.21. The van der Waals surface area contributed by atoms with E-state index < -0.39 is 0 Å². The predicted molar refractivity (Wildman–Crippen MR) is 115 cm³/mol. The Morgan fingerprint density at radius 2 is 2.14 bits per heavy atom. The third kappa shape index (κ3) is 4.24. The third-order valence-corrected chi connectivity index (χ3v) is 5.90. The molecule has 1 unspecified atom stereocenters.